The summed E-state index contributed by atoms with van der Waals surface area (Å²) in [5.41, 5.74) is 0. The third-order valence-electron chi connectivity index (χ3n) is 4.78. The van der Waals surface area contributed by atoms with Crippen LogP contribution in [0.4, 0.5) is 0 Å². The number of rotatable bonds is 9. The van der Waals surface area contributed by atoms with Gasteiger partial charge in [-0.15, -0.1) is 6.58 Å². The molecule has 0 aromatic rings. The summed E-state index contributed by atoms with van der Waals surface area (Å²) in [5.74, 6) is 4.07. The van der Waals surface area contributed by atoms with Gasteiger partial charge in [0.1, 0.15) is 0 Å². The monoisotopic (exact) mass is 238 g/mol. The van der Waals surface area contributed by atoms with Gasteiger partial charge in [-0.05, 0) is 36.0 Å². The average molecular weight is 238 g/mol. The van der Waals surface area contributed by atoms with E-state index in [-0.39, 0.29) is 0 Å². The molecular weight excluding hydrogens is 204 g/mol. The van der Waals surface area contributed by atoms with E-state index in [0.29, 0.717) is 5.92 Å². The van der Waals surface area contributed by atoms with Crippen molar-refractivity contribution in [1.29, 1.82) is 0 Å². The average Bonchev–Trinajstić information content (AvgIpc) is 2.32. The van der Waals surface area contributed by atoms with E-state index in [2.05, 4.69) is 54.2 Å². The van der Waals surface area contributed by atoms with E-state index in [1.807, 2.05) is 0 Å². The highest BCUT2D eigenvalue weighted by atomic mass is 14.3. The van der Waals surface area contributed by atoms with Gasteiger partial charge in [0.2, 0.25) is 0 Å². The zero-order valence-electron chi connectivity index (χ0n) is 13.0. The van der Waals surface area contributed by atoms with Crippen molar-refractivity contribution in [2.45, 2.75) is 67.2 Å². The minimum atomic E-state index is 0.666. The summed E-state index contributed by atoms with van der Waals surface area (Å²) in [6.07, 6.45) is 7.54. The van der Waals surface area contributed by atoms with Crippen LogP contribution in [0.15, 0.2) is 12.7 Å². The van der Waals surface area contributed by atoms with Crippen molar-refractivity contribution in [2.24, 2.45) is 29.6 Å². The lowest BCUT2D eigenvalue weighted by atomic mass is 9.75. The van der Waals surface area contributed by atoms with Gasteiger partial charge in [-0.1, -0.05) is 66.9 Å². The van der Waals surface area contributed by atoms with Crippen LogP contribution >= 0.6 is 0 Å². The van der Waals surface area contributed by atoms with Gasteiger partial charge in [-0.2, -0.15) is 0 Å². The first-order valence-electron chi connectivity index (χ1n) is 7.60. The van der Waals surface area contributed by atoms with Gasteiger partial charge >= 0.3 is 0 Å². The summed E-state index contributed by atoms with van der Waals surface area (Å²) in [7, 11) is 0. The van der Waals surface area contributed by atoms with E-state index < -0.39 is 0 Å². The predicted molar refractivity (Wildman–Crippen MR) is 80.2 cm³/mol. The summed E-state index contributed by atoms with van der Waals surface area (Å²) in [5, 5.41) is 0. The van der Waals surface area contributed by atoms with Crippen LogP contribution in [0.5, 0.6) is 0 Å². The molecule has 0 heteroatoms. The molecule has 0 aromatic heterocycles. The van der Waals surface area contributed by atoms with E-state index >= 15 is 0 Å². The molecule has 0 aliphatic carbocycles. The van der Waals surface area contributed by atoms with Gasteiger partial charge in [0, 0.05) is 0 Å². The summed E-state index contributed by atoms with van der Waals surface area (Å²) in [6.45, 7) is 18.1. The Hall–Kier alpha value is -0.260. The Labute approximate surface area is 110 Å². The highest BCUT2D eigenvalue weighted by molar-refractivity contribution is 4.84. The van der Waals surface area contributed by atoms with Crippen LogP contribution < -0.4 is 0 Å². The summed E-state index contributed by atoms with van der Waals surface area (Å²) >= 11 is 0. The summed E-state index contributed by atoms with van der Waals surface area (Å²) in [4.78, 5) is 0. The van der Waals surface area contributed by atoms with Gasteiger partial charge in [0.05, 0.1) is 0 Å². The summed E-state index contributed by atoms with van der Waals surface area (Å²) < 4.78 is 0. The predicted octanol–water partition coefficient (Wildman–Crippen LogP) is 5.93. The van der Waals surface area contributed by atoms with Gasteiger partial charge in [0.15, 0.2) is 0 Å². The first-order chi connectivity index (χ1) is 7.97. The lowest BCUT2D eigenvalue weighted by molar-refractivity contribution is 0.221. The molecular formula is C17H34. The molecule has 0 heterocycles. The Balaban J connectivity index is 4.34. The molecule has 102 valence electrons. The third kappa shape index (κ3) is 5.75. The van der Waals surface area contributed by atoms with E-state index in [1.165, 1.54) is 25.7 Å². The fourth-order valence-corrected chi connectivity index (χ4v) is 2.84. The molecule has 0 aliphatic rings. The lowest BCUT2D eigenvalue weighted by Gasteiger charge is -2.30. The lowest BCUT2D eigenvalue weighted by Crippen LogP contribution is -2.21. The van der Waals surface area contributed by atoms with Crippen molar-refractivity contribution >= 4 is 0 Å². The molecule has 4 unspecified atom stereocenters. The molecule has 0 nitrogen and oxygen atoms in total. The number of hydrogen-bond donors (Lipinski definition) is 0. The van der Waals surface area contributed by atoms with E-state index in [4.69, 9.17) is 0 Å². The maximum Gasteiger partial charge on any atom is -0.0234 e. The van der Waals surface area contributed by atoms with Crippen LogP contribution in [0, 0.1) is 29.6 Å². The van der Waals surface area contributed by atoms with Crippen molar-refractivity contribution in [3.8, 4) is 0 Å². The minimum absolute atomic E-state index is 0.666. The van der Waals surface area contributed by atoms with Gasteiger partial charge in [0.25, 0.3) is 0 Å². The largest absolute Gasteiger partial charge is 0.103 e. The van der Waals surface area contributed by atoms with E-state index in [9.17, 15) is 0 Å². The zero-order valence-corrected chi connectivity index (χ0v) is 13.0. The fourth-order valence-electron chi connectivity index (χ4n) is 2.84. The first-order valence-corrected chi connectivity index (χ1v) is 7.60. The molecule has 0 spiro atoms. The quantitative estimate of drug-likeness (QED) is 0.436. The summed E-state index contributed by atoms with van der Waals surface area (Å²) in [6, 6.07) is 0. The molecule has 0 aromatic carbocycles. The van der Waals surface area contributed by atoms with Crippen LogP contribution in [0.3, 0.4) is 0 Å². The fraction of sp³-hybridized carbons (Fsp3) is 0.882. The van der Waals surface area contributed by atoms with Crippen molar-refractivity contribution in [3.63, 3.8) is 0 Å². The van der Waals surface area contributed by atoms with Crippen molar-refractivity contribution in [2.75, 3.05) is 0 Å². The highest BCUT2D eigenvalue weighted by Crippen LogP contribution is 2.33. The maximum absolute atomic E-state index is 3.97. The Kier molecular flexibility index (Phi) is 8.64. The van der Waals surface area contributed by atoms with Crippen LogP contribution in [-0.4, -0.2) is 0 Å². The molecule has 0 saturated heterocycles. The molecule has 0 amide bonds. The Bertz CT molecular complexity index is 192. The molecule has 4 atom stereocenters. The first kappa shape index (κ1) is 16.7. The SMILES string of the molecule is C=CC(C)C(CC)C(CC)CCC(C)C(C)C. The van der Waals surface area contributed by atoms with Crippen molar-refractivity contribution < 1.29 is 0 Å². The smallest absolute Gasteiger partial charge is 0.0234 e. The van der Waals surface area contributed by atoms with Gasteiger partial charge in [-0.25, -0.2) is 0 Å². The van der Waals surface area contributed by atoms with E-state index in [1.54, 1.807) is 0 Å². The maximum atomic E-state index is 3.97. The van der Waals surface area contributed by atoms with Crippen molar-refractivity contribution in [3.05, 3.63) is 12.7 Å². The molecule has 0 radical (unpaired) electrons. The van der Waals surface area contributed by atoms with Gasteiger partial charge < -0.3 is 0 Å². The second-order valence-corrected chi connectivity index (χ2v) is 6.13. The Morgan fingerprint density at radius 3 is 1.88 bits per heavy atom. The third-order valence-corrected chi connectivity index (χ3v) is 4.78. The van der Waals surface area contributed by atoms with Crippen LogP contribution in [-0.2, 0) is 0 Å². The van der Waals surface area contributed by atoms with Crippen molar-refractivity contribution in [1.82, 2.24) is 0 Å². The number of allylic oxidation sites excluding steroid dienone is 1. The molecule has 17 heavy (non-hydrogen) atoms. The van der Waals surface area contributed by atoms with Crippen LogP contribution in [0.2, 0.25) is 0 Å². The molecule has 0 bridgehead atoms. The van der Waals surface area contributed by atoms with Crippen LogP contribution in [0.25, 0.3) is 0 Å². The second kappa shape index (κ2) is 8.78. The standard InChI is InChI=1S/C17H34/c1-8-14(6)17(10-3)16(9-2)12-11-15(7)13(4)5/h8,13-17H,1,9-12H2,2-7H3. The Morgan fingerprint density at radius 1 is 0.941 bits per heavy atom. The topological polar surface area (TPSA) is 0 Å². The Morgan fingerprint density at radius 2 is 1.53 bits per heavy atom. The number of hydrogen-bond acceptors (Lipinski definition) is 0. The van der Waals surface area contributed by atoms with E-state index in [0.717, 1.165) is 23.7 Å². The highest BCUT2D eigenvalue weighted by Gasteiger charge is 2.23. The molecule has 0 N–H and O–H groups in total. The normalized spacial score (nSPS) is 18.8. The minimum Gasteiger partial charge on any atom is -0.103 e. The molecule has 0 fully saturated rings. The second-order valence-electron chi connectivity index (χ2n) is 6.13. The molecule has 0 aliphatic heterocycles. The zero-order chi connectivity index (χ0) is 13.4. The van der Waals surface area contributed by atoms with Gasteiger partial charge in [-0.3, -0.25) is 0 Å². The molecule has 0 rings (SSSR count). The van der Waals surface area contributed by atoms with Crippen LogP contribution in [0.1, 0.15) is 67.2 Å². The molecule has 0 saturated carbocycles.